The van der Waals surface area contributed by atoms with E-state index in [0.29, 0.717) is 0 Å². The highest BCUT2D eigenvalue weighted by atomic mass is 16.5. The topological polar surface area (TPSA) is 67.0 Å². The van der Waals surface area contributed by atoms with E-state index >= 15 is 0 Å². The number of amides is 1. The van der Waals surface area contributed by atoms with Gasteiger partial charge in [-0.15, -0.1) is 0 Å². The van der Waals surface area contributed by atoms with Crippen molar-refractivity contribution in [3.8, 4) is 5.75 Å². The average Bonchev–Trinajstić information content (AvgIpc) is 3.16. The molecular formula is C22H19N3O2. The molecule has 2 N–H and O–H groups in total. The first-order valence-corrected chi connectivity index (χ1v) is 8.75. The number of hydrogen-bond donors (Lipinski definition) is 2. The van der Waals surface area contributed by atoms with Crippen LogP contribution >= 0.6 is 0 Å². The fourth-order valence-electron chi connectivity index (χ4n) is 2.97. The summed E-state index contributed by atoms with van der Waals surface area (Å²) in [7, 11) is 0. The first-order valence-electron chi connectivity index (χ1n) is 8.75. The Morgan fingerprint density at radius 3 is 2.70 bits per heavy atom. The van der Waals surface area contributed by atoms with Crippen molar-refractivity contribution in [2.24, 2.45) is 0 Å². The van der Waals surface area contributed by atoms with E-state index in [0.717, 1.165) is 34.3 Å². The molecule has 5 heteroatoms. The Hall–Kier alpha value is -3.60. The number of H-pyrrole nitrogens is 1. The van der Waals surface area contributed by atoms with Crippen LogP contribution in [-0.2, 0) is 11.2 Å². The molecule has 0 aliphatic carbocycles. The quantitative estimate of drug-likeness (QED) is 0.544. The molecule has 0 spiro atoms. The van der Waals surface area contributed by atoms with E-state index in [4.69, 9.17) is 4.74 Å². The van der Waals surface area contributed by atoms with Crippen molar-refractivity contribution in [3.05, 3.63) is 90.1 Å². The van der Waals surface area contributed by atoms with Crippen molar-refractivity contribution in [1.29, 1.82) is 0 Å². The average molecular weight is 357 g/mol. The van der Waals surface area contributed by atoms with E-state index in [2.05, 4.69) is 27.6 Å². The Kier molecular flexibility index (Phi) is 4.83. The van der Waals surface area contributed by atoms with Gasteiger partial charge in [-0.05, 0) is 35.4 Å². The van der Waals surface area contributed by atoms with Gasteiger partial charge in [0.2, 0.25) is 0 Å². The molecular weight excluding hydrogens is 338 g/mol. The van der Waals surface area contributed by atoms with Crippen molar-refractivity contribution in [2.75, 3.05) is 11.9 Å². The Morgan fingerprint density at radius 2 is 1.81 bits per heavy atom. The minimum atomic E-state index is -0.202. The van der Waals surface area contributed by atoms with Gasteiger partial charge in [0.25, 0.3) is 5.91 Å². The molecule has 1 aromatic heterocycles. The van der Waals surface area contributed by atoms with Crippen LogP contribution in [0.5, 0.6) is 5.75 Å². The number of para-hydroxylation sites is 1. The van der Waals surface area contributed by atoms with Gasteiger partial charge < -0.3 is 10.1 Å². The van der Waals surface area contributed by atoms with Crippen molar-refractivity contribution in [3.63, 3.8) is 0 Å². The number of anilines is 1. The van der Waals surface area contributed by atoms with Gasteiger partial charge in [0, 0.05) is 17.5 Å². The van der Waals surface area contributed by atoms with Crippen LogP contribution in [0.25, 0.3) is 10.9 Å². The zero-order valence-electron chi connectivity index (χ0n) is 14.7. The maximum Gasteiger partial charge on any atom is 0.262 e. The largest absolute Gasteiger partial charge is 0.483 e. The van der Waals surface area contributed by atoms with E-state index < -0.39 is 0 Å². The first-order chi connectivity index (χ1) is 13.3. The molecule has 1 amide bonds. The molecule has 27 heavy (non-hydrogen) atoms. The summed E-state index contributed by atoms with van der Waals surface area (Å²) in [5, 5.41) is 10.7. The highest BCUT2D eigenvalue weighted by molar-refractivity contribution is 5.94. The predicted molar refractivity (Wildman–Crippen MR) is 106 cm³/mol. The van der Waals surface area contributed by atoms with Gasteiger partial charge in [0.05, 0.1) is 11.7 Å². The van der Waals surface area contributed by atoms with Crippen LogP contribution in [0.4, 0.5) is 5.69 Å². The molecule has 3 aromatic carbocycles. The molecule has 0 unspecified atom stereocenters. The van der Waals surface area contributed by atoms with E-state index in [1.807, 2.05) is 60.7 Å². The molecule has 0 fully saturated rings. The lowest BCUT2D eigenvalue weighted by atomic mass is 10.0. The molecule has 0 radical (unpaired) electrons. The highest BCUT2D eigenvalue weighted by Gasteiger charge is 2.08. The van der Waals surface area contributed by atoms with E-state index in [-0.39, 0.29) is 12.5 Å². The van der Waals surface area contributed by atoms with E-state index in [1.165, 1.54) is 5.56 Å². The van der Waals surface area contributed by atoms with Crippen LogP contribution in [-0.4, -0.2) is 22.7 Å². The van der Waals surface area contributed by atoms with Crippen LogP contribution in [0.2, 0.25) is 0 Å². The molecule has 0 aliphatic heterocycles. The van der Waals surface area contributed by atoms with Crippen LogP contribution in [0.15, 0.2) is 79.0 Å². The number of nitrogens with zero attached hydrogens (tertiary/aromatic N) is 1. The first kappa shape index (κ1) is 16.8. The zero-order chi connectivity index (χ0) is 18.5. The van der Waals surface area contributed by atoms with Gasteiger partial charge in [-0.1, -0.05) is 48.5 Å². The van der Waals surface area contributed by atoms with Crippen molar-refractivity contribution in [1.82, 2.24) is 10.2 Å². The van der Waals surface area contributed by atoms with Crippen LogP contribution in [0.1, 0.15) is 11.1 Å². The number of carbonyl (C=O) groups is 1. The summed E-state index contributed by atoms with van der Waals surface area (Å²) in [6.07, 6.45) is 2.48. The van der Waals surface area contributed by atoms with Gasteiger partial charge in [-0.3, -0.25) is 9.89 Å². The lowest BCUT2D eigenvalue weighted by Gasteiger charge is -2.12. The monoisotopic (exact) mass is 357 g/mol. The maximum atomic E-state index is 12.3. The fourth-order valence-corrected chi connectivity index (χ4v) is 2.97. The van der Waals surface area contributed by atoms with Crippen LogP contribution < -0.4 is 10.1 Å². The van der Waals surface area contributed by atoms with Gasteiger partial charge in [-0.25, -0.2) is 0 Å². The number of rotatable bonds is 6. The third-order valence-corrected chi connectivity index (χ3v) is 4.29. The van der Waals surface area contributed by atoms with Gasteiger partial charge in [0.1, 0.15) is 5.75 Å². The van der Waals surface area contributed by atoms with Crippen LogP contribution in [0.3, 0.4) is 0 Å². The maximum absolute atomic E-state index is 12.3. The molecule has 0 aliphatic rings. The second-order valence-corrected chi connectivity index (χ2v) is 6.28. The SMILES string of the molecule is O=C(COc1ccccc1Cc1ccccc1)Nc1ccc2[nH]ncc2c1. The molecule has 5 nitrogen and oxygen atoms in total. The lowest BCUT2D eigenvalue weighted by molar-refractivity contribution is -0.118. The molecule has 0 saturated heterocycles. The summed E-state index contributed by atoms with van der Waals surface area (Å²) < 4.78 is 5.79. The van der Waals surface area contributed by atoms with Crippen molar-refractivity contribution < 1.29 is 9.53 Å². The number of benzene rings is 3. The molecule has 0 saturated carbocycles. The van der Waals surface area contributed by atoms with Gasteiger partial charge >= 0.3 is 0 Å². The van der Waals surface area contributed by atoms with Crippen molar-refractivity contribution >= 4 is 22.5 Å². The van der Waals surface area contributed by atoms with Crippen LogP contribution in [0, 0.1) is 0 Å². The molecule has 134 valence electrons. The lowest BCUT2D eigenvalue weighted by Crippen LogP contribution is -2.20. The Morgan fingerprint density at radius 1 is 1.00 bits per heavy atom. The molecule has 4 rings (SSSR count). The summed E-state index contributed by atoms with van der Waals surface area (Å²) in [6.45, 7) is -0.0464. The Labute approximate surface area is 157 Å². The molecule has 0 bridgehead atoms. The third-order valence-electron chi connectivity index (χ3n) is 4.29. The van der Waals surface area contributed by atoms with E-state index in [1.54, 1.807) is 6.20 Å². The number of nitrogens with one attached hydrogen (secondary N) is 2. The fraction of sp³-hybridized carbons (Fsp3) is 0.0909. The molecule has 0 atom stereocenters. The number of fused-ring (bicyclic) bond motifs is 1. The number of aromatic nitrogens is 2. The second kappa shape index (κ2) is 7.74. The second-order valence-electron chi connectivity index (χ2n) is 6.28. The number of hydrogen-bond acceptors (Lipinski definition) is 3. The predicted octanol–water partition coefficient (Wildman–Crippen LogP) is 4.17. The minimum absolute atomic E-state index is 0.0464. The third kappa shape index (κ3) is 4.15. The highest BCUT2D eigenvalue weighted by Crippen LogP contribution is 2.22. The minimum Gasteiger partial charge on any atom is -0.483 e. The van der Waals surface area contributed by atoms with Gasteiger partial charge in [0.15, 0.2) is 6.61 Å². The summed E-state index contributed by atoms with van der Waals surface area (Å²) in [6, 6.07) is 23.6. The Balaban J connectivity index is 1.40. The van der Waals surface area contributed by atoms with E-state index in [9.17, 15) is 4.79 Å². The smallest absolute Gasteiger partial charge is 0.262 e. The summed E-state index contributed by atoms with van der Waals surface area (Å²) in [4.78, 5) is 12.3. The van der Waals surface area contributed by atoms with Gasteiger partial charge in [-0.2, -0.15) is 5.10 Å². The molecule has 1 heterocycles. The summed E-state index contributed by atoms with van der Waals surface area (Å²) in [5.41, 5.74) is 3.90. The number of aromatic amines is 1. The number of carbonyl (C=O) groups excluding carboxylic acids is 1. The van der Waals surface area contributed by atoms with Crippen molar-refractivity contribution in [2.45, 2.75) is 6.42 Å². The standard InChI is InChI=1S/C22H19N3O2/c26-22(24-19-10-11-20-18(13-19)14-23-25-20)15-27-21-9-5-4-8-17(21)12-16-6-2-1-3-7-16/h1-11,13-14H,12,15H2,(H,23,25)(H,24,26). The zero-order valence-corrected chi connectivity index (χ0v) is 14.7. The normalized spacial score (nSPS) is 10.7. The Bertz CT molecular complexity index is 1060. The summed E-state index contributed by atoms with van der Waals surface area (Å²) in [5.74, 6) is 0.522. The molecule has 4 aromatic rings. The summed E-state index contributed by atoms with van der Waals surface area (Å²) >= 11 is 0. The number of ether oxygens (including phenoxy) is 1.